The van der Waals surface area contributed by atoms with Crippen LogP contribution in [0.25, 0.3) is 0 Å². The van der Waals surface area contributed by atoms with Crippen LogP contribution in [0.4, 0.5) is 0 Å². The maximum atomic E-state index is 8.79. The summed E-state index contributed by atoms with van der Waals surface area (Å²) in [6, 6.07) is 11.0. The van der Waals surface area contributed by atoms with Crippen molar-refractivity contribution in [1.82, 2.24) is 5.32 Å². The van der Waals surface area contributed by atoms with Gasteiger partial charge in [-0.15, -0.1) is 0 Å². The normalized spacial score (nSPS) is 12.4. The van der Waals surface area contributed by atoms with Gasteiger partial charge in [0.2, 0.25) is 0 Å². The topological polar surface area (TPSA) is 35.8 Å². The Morgan fingerprint density at radius 3 is 2.11 bits per heavy atom. The first-order valence-corrected chi connectivity index (χ1v) is 6.97. The van der Waals surface area contributed by atoms with Gasteiger partial charge in [0.25, 0.3) is 0 Å². The van der Waals surface area contributed by atoms with Crippen LogP contribution in [0.5, 0.6) is 0 Å². The van der Waals surface area contributed by atoms with E-state index in [1.807, 2.05) is 24.3 Å². The van der Waals surface area contributed by atoms with Crippen molar-refractivity contribution in [2.75, 3.05) is 0 Å². The van der Waals surface area contributed by atoms with Gasteiger partial charge in [-0.1, -0.05) is 38.8 Å². The molecule has 0 radical (unpaired) electrons. The van der Waals surface area contributed by atoms with Gasteiger partial charge in [-0.25, -0.2) is 0 Å². The molecule has 0 spiro atoms. The van der Waals surface area contributed by atoms with Crippen LogP contribution in [-0.4, -0.2) is 6.04 Å². The van der Waals surface area contributed by atoms with Gasteiger partial charge in [0.05, 0.1) is 11.6 Å². The van der Waals surface area contributed by atoms with Gasteiger partial charge in [0.1, 0.15) is 0 Å². The van der Waals surface area contributed by atoms with E-state index < -0.39 is 0 Å². The first-order valence-electron chi connectivity index (χ1n) is 6.97. The molecule has 1 aromatic rings. The summed E-state index contributed by atoms with van der Waals surface area (Å²) in [5, 5.41) is 12.5. The quantitative estimate of drug-likeness (QED) is 0.781. The van der Waals surface area contributed by atoms with Crippen LogP contribution in [0.3, 0.4) is 0 Å². The van der Waals surface area contributed by atoms with Gasteiger partial charge in [0.15, 0.2) is 0 Å². The third-order valence-electron chi connectivity index (χ3n) is 3.30. The summed E-state index contributed by atoms with van der Waals surface area (Å²) in [5.74, 6) is 0. The van der Waals surface area contributed by atoms with Crippen molar-refractivity contribution in [2.24, 2.45) is 0 Å². The maximum Gasteiger partial charge on any atom is 0.0991 e. The molecule has 0 fully saturated rings. The Kier molecular flexibility index (Phi) is 6.46. The number of hydrogen-bond acceptors (Lipinski definition) is 2. The van der Waals surface area contributed by atoms with E-state index in [2.05, 4.69) is 32.2 Å². The monoisotopic (exact) mass is 244 g/mol. The smallest absolute Gasteiger partial charge is 0.0991 e. The van der Waals surface area contributed by atoms with Crippen molar-refractivity contribution in [3.8, 4) is 6.07 Å². The first kappa shape index (κ1) is 14.7. The van der Waals surface area contributed by atoms with Gasteiger partial charge >= 0.3 is 0 Å². The average Bonchev–Trinajstić information content (AvgIpc) is 2.39. The average molecular weight is 244 g/mol. The number of rotatable bonds is 7. The molecule has 0 saturated heterocycles. The van der Waals surface area contributed by atoms with Gasteiger partial charge in [0, 0.05) is 12.1 Å². The zero-order chi connectivity index (χ0) is 13.4. The van der Waals surface area contributed by atoms with Crippen LogP contribution in [0.1, 0.15) is 63.6 Å². The van der Waals surface area contributed by atoms with Gasteiger partial charge in [-0.2, -0.15) is 5.26 Å². The Bertz CT molecular complexity index is 369. The number of nitriles is 1. The second-order valence-electron chi connectivity index (χ2n) is 4.90. The Morgan fingerprint density at radius 2 is 1.67 bits per heavy atom. The van der Waals surface area contributed by atoms with E-state index in [0.717, 1.165) is 5.56 Å². The fourth-order valence-electron chi connectivity index (χ4n) is 2.30. The predicted octanol–water partition coefficient (Wildman–Crippen LogP) is 4.18. The number of nitrogens with zero attached hydrogens (tertiary/aromatic N) is 1. The van der Waals surface area contributed by atoms with Crippen LogP contribution < -0.4 is 5.32 Å². The molecule has 98 valence electrons. The summed E-state index contributed by atoms with van der Waals surface area (Å²) in [4.78, 5) is 0. The lowest BCUT2D eigenvalue weighted by Gasteiger charge is -2.23. The fourth-order valence-corrected chi connectivity index (χ4v) is 2.30. The Hall–Kier alpha value is -1.33. The maximum absolute atomic E-state index is 8.79. The largest absolute Gasteiger partial charge is 0.307 e. The Morgan fingerprint density at radius 1 is 1.11 bits per heavy atom. The molecular formula is C16H24N2. The lowest BCUT2D eigenvalue weighted by atomic mass is 10.0. The summed E-state index contributed by atoms with van der Waals surface area (Å²) in [6.45, 7) is 6.66. The molecule has 1 rings (SSSR count). The Labute approximate surface area is 111 Å². The zero-order valence-corrected chi connectivity index (χ0v) is 11.7. The van der Waals surface area contributed by atoms with Crippen LogP contribution in [-0.2, 0) is 0 Å². The lowest BCUT2D eigenvalue weighted by molar-refractivity contribution is 0.402. The summed E-state index contributed by atoms with van der Waals surface area (Å²) in [5.41, 5.74) is 1.98. The molecule has 2 heteroatoms. The summed E-state index contributed by atoms with van der Waals surface area (Å²) >= 11 is 0. The van der Waals surface area contributed by atoms with Gasteiger partial charge in [-0.05, 0) is 37.5 Å². The molecule has 1 N–H and O–H groups in total. The minimum atomic E-state index is 0.348. The summed E-state index contributed by atoms with van der Waals surface area (Å²) in [7, 11) is 0. The molecule has 0 aliphatic rings. The molecule has 2 nitrogen and oxygen atoms in total. The molecule has 1 unspecified atom stereocenters. The number of benzene rings is 1. The third kappa shape index (κ3) is 4.50. The van der Waals surface area contributed by atoms with E-state index >= 15 is 0 Å². The number of nitrogens with one attached hydrogen (secondary N) is 1. The minimum absolute atomic E-state index is 0.348. The van der Waals surface area contributed by atoms with E-state index in [1.54, 1.807) is 0 Å². The summed E-state index contributed by atoms with van der Waals surface area (Å²) < 4.78 is 0. The van der Waals surface area contributed by atoms with Crippen molar-refractivity contribution < 1.29 is 0 Å². The van der Waals surface area contributed by atoms with E-state index in [-0.39, 0.29) is 0 Å². The van der Waals surface area contributed by atoms with Crippen molar-refractivity contribution in [1.29, 1.82) is 5.26 Å². The van der Waals surface area contributed by atoms with Crippen LogP contribution in [0.2, 0.25) is 0 Å². The van der Waals surface area contributed by atoms with Crippen molar-refractivity contribution in [2.45, 2.75) is 58.5 Å². The van der Waals surface area contributed by atoms with Gasteiger partial charge < -0.3 is 5.32 Å². The van der Waals surface area contributed by atoms with Crippen LogP contribution in [0, 0.1) is 11.3 Å². The molecule has 0 aliphatic carbocycles. The fraction of sp³-hybridized carbons (Fsp3) is 0.562. The van der Waals surface area contributed by atoms with Crippen molar-refractivity contribution in [3.63, 3.8) is 0 Å². The molecule has 18 heavy (non-hydrogen) atoms. The molecule has 1 aromatic carbocycles. The zero-order valence-electron chi connectivity index (χ0n) is 11.7. The van der Waals surface area contributed by atoms with Crippen molar-refractivity contribution >= 4 is 0 Å². The second-order valence-corrected chi connectivity index (χ2v) is 4.90. The molecule has 0 aromatic heterocycles. The molecular weight excluding hydrogens is 220 g/mol. The highest BCUT2D eigenvalue weighted by molar-refractivity contribution is 5.32. The highest BCUT2D eigenvalue weighted by Crippen LogP contribution is 2.16. The highest BCUT2D eigenvalue weighted by atomic mass is 14.9. The molecule has 0 heterocycles. The third-order valence-corrected chi connectivity index (χ3v) is 3.30. The predicted molar refractivity (Wildman–Crippen MR) is 76.3 cm³/mol. The lowest BCUT2D eigenvalue weighted by Crippen LogP contribution is -2.31. The van der Waals surface area contributed by atoms with Crippen molar-refractivity contribution in [3.05, 3.63) is 35.4 Å². The second kappa shape index (κ2) is 7.89. The van der Waals surface area contributed by atoms with E-state index in [0.29, 0.717) is 12.1 Å². The standard InChI is InChI=1S/C16H24N2/c1-4-6-16(7-5-2)18-13(3)15-10-8-14(12-17)9-11-15/h8-11,13,16,18H,4-7H2,1-3H3. The highest BCUT2D eigenvalue weighted by Gasteiger charge is 2.11. The molecule has 0 amide bonds. The van der Waals surface area contributed by atoms with E-state index in [4.69, 9.17) is 5.26 Å². The number of hydrogen-bond donors (Lipinski definition) is 1. The molecule has 0 aliphatic heterocycles. The van der Waals surface area contributed by atoms with Crippen LogP contribution in [0.15, 0.2) is 24.3 Å². The first-order chi connectivity index (χ1) is 8.71. The van der Waals surface area contributed by atoms with E-state index in [1.165, 1.54) is 31.2 Å². The molecule has 1 atom stereocenters. The van der Waals surface area contributed by atoms with E-state index in [9.17, 15) is 0 Å². The minimum Gasteiger partial charge on any atom is -0.307 e. The molecule has 0 saturated carbocycles. The Balaban J connectivity index is 2.61. The van der Waals surface area contributed by atoms with Crippen LogP contribution >= 0.6 is 0 Å². The molecule has 0 bridgehead atoms. The summed E-state index contributed by atoms with van der Waals surface area (Å²) in [6.07, 6.45) is 4.90. The SMILES string of the molecule is CCCC(CCC)NC(C)c1ccc(C#N)cc1. The van der Waals surface area contributed by atoms with Gasteiger partial charge in [-0.3, -0.25) is 0 Å².